The summed E-state index contributed by atoms with van der Waals surface area (Å²) < 4.78 is 1.99. The van der Waals surface area contributed by atoms with Crippen molar-refractivity contribution in [1.82, 2.24) is 19.7 Å². The molecule has 3 aliphatic rings. The highest BCUT2D eigenvalue weighted by molar-refractivity contribution is 5.82. The van der Waals surface area contributed by atoms with Gasteiger partial charge in [-0.25, -0.2) is 9.67 Å². The van der Waals surface area contributed by atoms with Crippen LogP contribution in [-0.4, -0.2) is 45.2 Å². The maximum Gasteiger partial charge on any atom is 0.225 e. The Morgan fingerprint density at radius 2 is 1.74 bits per heavy atom. The van der Waals surface area contributed by atoms with Crippen LogP contribution in [0, 0.1) is 19.8 Å². The summed E-state index contributed by atoms with van der Waals surface area (Å²) in [5.41, 5.74) is 11.4. The molecule has 0 N–H and O–H groups in total. The van der Waals surface area contributed by atoms with E-state index < -0.39 is 0 Å². The number of benzene rings is 2. The van der Waals surface area contributed by atoms with Gasteiger partial charge in [0.2, 0.25) is 5.91 Å². The second kappa shape index (κ2) is 11.3. The molecule has 1 aliphatic carbocycles. The van der Waals surface area contributed by atoms with E-state index in [-0.39, 0.29) is 0 Å². The number of aryl methyl sites for hydroxylation is 2. The summed E-state index contributed by atoms with van der Waals surface area (Å²) in [6.07, 6.45) is 7.18. The van der Waals surface area contributed by atoms with Crippen molar-refractivity contribution < 1.29 is 4.79 Å². The normalized spacial score (nSPS) is 18.7. The van der Waals surface area contributed by atoms with Crippen LogP contribution in [-0.2, 0) is 17.8 Å². The average Bonchev–Trinajstić information content (AvgIpc) is 3.75. The Morgan fingerprint density at radius 1 is 0.953 bits per heavy atom. The van der Waals surface area contributed by atoms with E-state index in [0.717, 1.165) is 69.8 Å². The van der Waals surface area contributed by atoms with E-state index in [2.05, 4.69) is 97.2 Å². The molecule has 1 unspecified atom stereocenters. The minimum atomic E-state index is 0.325. The van der Waals surface area contributed by atoms with Crippen LogP contribution in [0.2, 0.25) is 0 Å². The molecule has 6 nitrogen and oxygen atoms in total. The molecule has 43 heavy (non-hydrogen) atoms. The molecule has 0 radical (unpaired) electrons. The summed E-state index contributed by atoms with van der Waals surface area (Å²) in [5.74, 6) is 2.59. The van der Waals surface area contributed by atoms with Crippen LogP contribution >= 0.6 is 0 Å². The Kier molecular flexibility index (Phi) is 7.32. The average molecular weight is 574 g/mol. The zero-order chi connectivity index (χ0) is 29.7. The van der Waals surface area contributed by atoms with Gasteiger partial charge in [0.05, 0.1) is 17.6 Å². The van der Waals surface area contributed by atoms with Crippen molar-refractivity contribution in [3.05, 3.63) is 94.3 Å². The lowest BCUT2D eigenvalue weighted by Gasteiger charge is -2.32. The molecule has 6 heteroatoms. The number of fused-ring (bicyclic) bond motifs is 1. The van der Waals surface area contributed by atoms with Crippen molar-refractivity contribution in [3.63, 3.8) is 0 Å². The monoisotopic (exact) mass is 573 g/mol. The van der Waals surface area contributed by atoms with E-state index in [0.29, 0.717) is 23.7 Å². The van der Waals surface area contributed by atoms with Crippen molar-refractivity contribution in [1.29, 1.82) is 0 Å². The second-order valence-electron chi connectivity index (χ2n) is 13.0. The molecule has 4 heterocycles. The van der Waals surface area contributed by atoms with Crippen LogP contribution in [0.3, 0.4) is 0 Å². The number of hydrogen-bond acceptors (Lipinski definition) is 4. The summed E-state index contributed by atoms with van der Waals surface area (Å²) in [4.78, 5) is 22.3. The molecule has 1 saturated carbocycles. The lowest BCUT2D eigenvalue weighted by Crippen LogP contribution is -2.38. The number of nitrogens with zero attached hydrogens (tertiary/aromatic N) is 5. The number of aromatic nitrogens is 3. The maximum atomic E-state index is 12.5. The molecule has 1 amide bonds. The number of anilines is 1. The Bertz CT molecular complexity index is 1660. The van der Waals surface area contributed by atoms with Gasteiger partial charge in [-0.2, -0.15) is 5.10 Å². The highest BCUT2D eigenvalue weighted by Crippen LogP contribution is 2.44. The zero-order valence-corrected chi connectivity index (χ0v) is 26.0. The number of carbonyl (C=O) groups excluding carboxylic acids is 1. The Hall–Kier alpha value is -3.93. The Morgan fingerprint density at radius 3 is 2.49 bits per heavy atom. The predicted molar refractivity (Wildman–Crippen MR) is 173 cm³/mol. The number of carbonyl (C=O) groups is 1. The van der Waals surface area contributed by atoms with Gasteiger partial charge in [-0.3, -0.25) is 4.79 Å². The number of pyridine rings is 1. The van der Waals surface area contributed by atoms with Crippen LogP contribution in [0.5, 0.6) is 0 Å². The molecule has 0 bridgehead atoms. The van der Waals surface area contributed by atoms with Crippen molar-refractivity contribution >= 4 is 11.6 Å². The number of para-hydroxylation sites is 1. The number of rotatable bonds is 7. The Labute approximate surface area is 255 Å². The molecule has 1 atom stereocenters. The molecule has 7 rings (SSSR count). The molecule has 1 saturated heterocycles. The first-order valence-corrected chi connectivity index (χ1v) is 16.2. The van der Waals surface area contributed by atoms with Gasteiger partial charge in [0.1, 0.15) is 0 Å². The van der Waals surface area contributed by atoms with Gasteiger partial charge in [0.25, 0.3) is 0 Å². The van der Waals surface area contributed by atoms with Crippen LogP contribution in [0.1, 0.15) is 84.9 Å². The summed E-state index contributed by atoms with van der Waals surface area (Å²) in [5, 5.41) is 4.64. The fourth-order valence-corrected chi connectivity index (χ4v) is 7.33. The third kappa shape index (κ3) is 5.26. The molecule has 222 valence electrons. The van der Waals surface area contributed by atoms with Crippen LogP contribution in [0.4, 0.5) is 5.69 Å². The third-order valence-electron chi connectivity index (χ3n) is 9.98. The molecule has 2 fully saturated rings. The minimum absolute atomic E-state index is 0.325. The Balaban J connectivity index is 1.13. The number of hydrogen-bond donors (Lipinski definition) is 0. The fraction of sp³-hybridized carbons (Fsp3) is 0.432. The van der Waals surface area contributed by atoms with E-state index in [9.17, 15) is 4.79 Å². The summed E-state index contributed by atoms with van der Waals surface area (Å²) in [7, 11) is 0. The molecule has 2 aromatic heterocycles. The highest BCUT2D eigenvalue weighted by atomic mass is 16.2. The smallest absolute Gasteiger partial charge is 0.225 e. The van der Waals surface area contributed by atoms with Gasteiger partial charge in [-0.1, -0.05) is 56.3 Å². The van der Waals surface area contributed by atoms with Gasteiger partial charge in [0.15, 0.2) is 5.82 Å². The predicted octanol–water partition coefficient (Wildman–Crippen LogP) is 7.35. The second-order valence-corrected chi connectivity index (χ2v) is 13.0. The zero-order valence-electron chi connectivity index (χ0n) is 26.0. The molecule has 2 aliphatic heterocycles. The van der Waals surface area contributed by atoms with Crippen molar-refractivity contribution in [2.24, 2.45) is 5.92 Å². The van der Waals surface area contributed by atoms with Crippen molar-refractivity contribution in [2.75, 3.05) is 24.5 Å². The van der Waals surface area contributed by atoms with Crippen molar-refractivity contribution in [2.45, 2.75) is 78.2 Å². The molecular weight excluding hydrogens is 530 g/mol. The van der Waals surface area contributed by atoms with Gasteiger partial charge < -0.3 is 9.80 Å². The van der Waals surface area contributed by atoms with Crippen LogP contribution in [0.15, 0.2) is 60.8 Å². The van der Waals surface area contributed by atoms with Gasteiger partial charge in [-0.05, 0) is 91.8 Å². The summed E-state index contributed by atoms with van der Waals surface area (Å²) >= 11 is 0. The molecule has 2 aromatic carbocycles. The molecule has 4 aromatic rings. The van der Waals surface area contributed by atoms with E-state index in [4.69, 9.17) is 4.98 Å². The largest absolute Gasteiger partial charge is 0.366 e. The third-order valence-corrected chi connectivity index (χ3v) is 9.98. The van der Waals surface area contributed by atoms with Crippen molar-refractivity contribution in [3.8, 4) is 17.1 Å². The van der Waals surface area contributed by atoms with E-state index >= 15 is 0 Å². The lowest BCUT2D eigenvalue weighted by atomic mass is 9.87. The van der Waals surface area contributed by atoms with Gasteiger partial charge >= 0.3 is 0 Å². The van der Waals surface area contributed by atoms with E-state index in [1.54, 1.807) is 0 Å². The lowest BCUT2D eigenvalue weighted by molar-refractivity contribution is -0.133. The summed E-state index contributed by atoms with van der Waals surface area (Å²) in [6.45, 7) is 12.6. The first-order valence-electron chi connectivity index (χ1n) is 16.2. The van der Waals surface area contributed by atoms with Gasteiger partial charge in [0, 0.05) is 49.3 Å². The first kappa shape index (κ1) is 27.9. The summed E-state index contributed by atoms with van der Waals surface area (Å²) in [6, 6.07) is 20.1. The maximum absolute atomic E-state index is 12.5. The first-order chi connectivity index (χ1) is 20.9. The topological polar surface area (TPSA) is 54.3 Å². The highest BCUT2D eigenvalue weighted by Gasteiger charge is 2.35. The minimum Gasteiger partial charge on any atom is -0.366 e. The number of likely N-dealkylation sites (tertiary alicyclic amines) is 1. The standard InChI is InChI=1S/C37H43N5O/c1-5-34-25(3)21-38-42(34)35-11-7-10-33(39-35)32-9-6-8-31-26(4)22-41(36(31)32)23-30-15-14-29(20-24(30)2)27-16-18-40(19-17-27)37(43)28-12-13-28/h6-11,14-15,20-21,26-28H,5,12-13,16-19,22-23H2,1-4H3. The number of piperidine rings is 1. The fourth-order valence-electron chi connectivity index (χ4n) is 7.33. The van der Waals surface area contributed by atoms with E-state index in [1.165, 1.54) is 44.8 Å². The van der Waals surface area contributed by atoms with Gasteiger partial charge in [-0.15, -0.1) is 0 Å². The van der Waals surface area contributed by atoms with Crippen LogP contribution < -0.4 is 4.90 Å². The molecular formula is C37H43N5O. The quantitative estimate of drug-likeness (QED) is 0.232. The molecule has 0 spiro atoms. The number of amides is 1. The SMILES string of the molecule is CCc1c(C)cnn1-c1cccc(-c2cccc3c2N(Cc2ccc(C4CCN(C(=O)C5CC5)CC4)cc2C)CC3C)n1. The van der Waals surface area contributed by atoms with E-state index in [1.807, 2.05) is 10.9 Å². The van der Waals surface area contributed by atoms with Crippen LogP contribution in [0.25, 0.3) is 17.1 Å².